The van der Waals surface area contributed by atoms with Gasteiger partial charge < -0.3 is 10.1 Å². The van der Waals surface area contributed by atoms with Crippen LogP contribution < -0.4 is 10.6 Å². The van der Waals surface area contributed by atoms with Gasteiger partial charge in [-0.2, -0.15) is 5.10 Å². The Bertz CT molecular complexity index is 1190. The number of hydrogen-bond acceptors (Lipinski definition) is 4. The van der Waals surface area contributed by atoms with E-state index in [1.54, 1.807) is 29.8 Å². The fourth-order valence-electron chi connectivity index (χ4n) is 3.23. The standard InChI is InChI=1S/C25H28Cl2N4O3/c1-5-34-22(32)13-12-16-8-6-9-17(14-16)31-21(15-20(30-31)25(2,3)4)29-24(33)28-19-11-7-10-18(26)23(19)27/h6-11,14-15H,5,12-13H2,1-4H3,(H2,28,29,33). The van der Waals surface area contributed by atoms with Gasteiger partial charge in [0.25, 0.3) is 0 Å². The Balaban J connectivity index is 1.87. The Morgan fingerprint density at radius 3 is 2.50 bits per heavy atom. The van der Waals surface area contributed by atoms with E-state index in [0.717, 1.165) is 16.9 Å². The normalized spacial score (nSPS) is 11.2. The van der Waals surface area contributed by atoms with Crippen LogP contribution in [-0.2, 0) is 21.4 Å². The maximum Gasteiger partial charge on any atom is 0.324 e. The summed E-state index contributed by atoms with van der Waals surface area (Å²) in [6, 6.07) is 14.0. The molecule has 0 atom stereocenters. The number of rotatable bonds is 7. The minimum absolute atomic E-state index is 0.235. The molecule has 1 heterocycles. The van der Waals surface area contributed by atoms with Crippen molar-refractivity contribution < 1.29 is 14.3 Å². The van der Waals surface area contributed by atoms with Crippen LogP contribution in [0.4, 0.5) is 16.3 Å². The summed E-state index contributed by atoms with van der Waals surface area (Å²) in [5.74, 6) is 0.254. The summed E-state index contributed by atoms with van der Waals surface area (Å²) >= 11 is 12.2. The molecule has 0 radical (unpaired) electrons. The molecule has 0 aliphatic carbocycles. The number of carbonyl (C=O) groups is 2. The van der Waals surface area contributed by atoms with Crippen LogP contribution in [0.15, 0.2) is 48.5 Å². The number of amides is 2. The number of benzene rings is 2. The lowest BCUT2D eigenvalue weighted by Gasteiger charge is -2.14. The van der Waals surface area contributed by atoms with E-state index in [-0.39, 0.29) is 22.8 Å². The Morgan fingerprint density at radius 2 is 1.79 bits per heavy atom. The van der Waals surface area contributed by atoms with Crippen molar-refractivity contribution >= 4 is 46.7 Å². The second-order valence-electron chi connectivity index (χ2n) is 8.73. The minimum atomic E-state index is -0.482. The van der Waals surface area contributed by atoms with Gasteiger partial charge in [-0.25, -0.2) is 9.48 Å². The molecule has 0 unspecified atom stereocenters. The van der Waals surface area contributed by atoms with Gasteiger partial charge in [-0.05, 0) is 43.2 Å². The third kappa shape index (κ3) is 6.52. The van der Waals surface area contributed by atoms with E-state index >= 15 is 0 Å². The molecule has 3 rings (SSSR count). The number of urea groups is 1. The highest BCUT2D eigenvalue weighted by molar-refractivity contribution is 6.44. The van der Waals surface area contributed by atoms with E-state index in [2.05, 4.69) is 10.6 Å². The van der Waals surface area contributed by atoms with Crippen LogP contribution in [-0.4, -0.2) is 28.4 Å². The fraction of sp³-hybridized carbons (Fsp3) is 0.320. The fourth-order valence-corrected chi connectivity index (χ4v) is 3.57. The lowest BCUT2D eigenvalue weighted by Crippen LogP contribution is -2.21. The summed E-state index contributed by atoms with van der Waals surface area (Å²) in [5.41, 5.74) is 2.68. The van der Waals surface area contributed by atoms with E-state index in [9.17, 15) is 9.59 Å². The molecule has 34 heavy (non-hydrogen) atoms. The van der Waals surface area contributed by atoms with Crippen molar-refractivity contribution in [2.75, 3.05) is 17.2 Å². The van der Waals surface area contributed by atoms with Crippen molar-refractivity contribution in [1.29, 1.82) is 0 Å². The number of nitrogens with one attached hydrogen (secondary N) is 2. The quantitative estimate of drug-likeness (QED) is 0.355. The summed E-state index contributed by atoms with van der Waals surface area (Å²) in [4.78, 5) is 24.5. The molecule has 0 spiro atoms. The molecule has 9 heteroatoms. The van der Waals surface area contributed by atoms with E-state index in [1.165, 1.54) is 0 Å². The highest BCUT2D eigenvalue weighted by Gasteiger charge is 2.22. The molecule has 0 saturated carbocycles. The largest absolute Gasteiger partial charge is 0.466 e. The van der Waals surface area contributed by atoms with Crippen molar-refractivity contribution in [2.45, 2.75) is 46.0 Å². The van der Waals surface area contributed by atoms with Gasteiger partial charge in [0, 0.05) is 17.9 Å². The van der Waals surface area contributed by atoms with E-state index < -0.39 is 6.03 Å². The van der Waals surface area contributed by atoms with Crippen LogP contribution in [0.2, 0.25) is 10.0 Å². The predicted molar refractivity (Wildman–Crippen MR) is 136 cm³/mol. The molecular weight excluding hydrogens is 475 g/mol. The zero-order valence-electron chi connectivity index (χ0n) is 19.6. The van der Waals surface area contributed by atoms with Crippen molar-refractivity contribution in [3.05, 3.63) is 69.8 Å². The zero-order valence-corrected chi connectivity index (χ0v) is 21.1. The molecule has 0 fully saturated rings. The molecule has 7 nitrogen and oxygen atoms in total. The van der Waals surface area contributed by atoms with Gasteiger partial charge in [-0.1, -0.05) is 62.2 Å². The van der Waals surface area contributed by atoms with Crippen LogP contribution in [0.5, 0.6) is 0 Å². The van der Waals surface area contributed by atoms with E-state index in [4.69, 9.17) is 33.0 Å². The molecule has 0 bridgehead atoms. The van der Waals surface area contributed by atoms with Crippen LogP contribution in [0.3, 0.4) is 0 Å². The summed E-state index contributed by atoms with van der Waals surface area (Å²) < 4.78 is 6.69. The highest BCUT2D eigenvalue weighted by atomic mass is 35.5. The number of aromatic nitrogens is 2. The van der Waals surface area contributed by atoms with Gasteiger partial charge >= 0.3 is 12.0 Å². The lowest BCUT2D eigenvalue weighted by molar-refractivity contribution is -0.143. The minimum Gasteiger partial charge on any atom is -0.466 e. The third-order valence-corrected chi connectivity index (χ3v) is 5.82. The molecule has 180 valence electrons. The number of esters is 1. The molecule has 2 amide bonds. The lowest BCUT2D eigenvalue weighted by atomic mass is 9.92. The smallest absolute Gasteiger partial charge is 0.324 e. The molecule has 1 aromatic heterocycles. The average Bonchev–Trinajstić information content (AvgIpc) is 3.20. The summed E-state index contributed by atoms with van der Waals surface area (Å²) in [5, 5.41) is 10.9. The summed E-state index contributed by atoms with van der Waals surface area (Å²) in [6.45, 7) is 8.29. The average molecular weight is 503 g/mol. The highest BCUT2D eigenvalue weighted by Crippen LogP contribution is 2.30. The van der Waals surface area contributed by atoms with Crippen molar-refractivity contribution in [1.82, 2.24) is 9.78 Å². The second kappa shape index (κ2) is 10.9. The number of aryl methyl sites for hydroxylation is 1. The molecule has 2 N–H and O–H groups in total. The molecular formula is C25H28Cl2N4O3. The van der Waals surface area contributed by atoms with E-state index in [1.807, 2.05) is 51.1 Å². The van der Waals surface area contributed by atoms with Gasteiger partial charge in [-0.15, -0.1) is 0 Å². The maximum atomic E-state index is 12.8. The number of nitrogens with zero attached hydrogens (tertiary/aromatic N) is 2. The van der Waals surface area contributed by atoms with Crippen LogP contribution >= 0.6 is 23.2 Å². The van der Waals surface area contributed by atoms with Crippen molar-refractivity contribution in [2.24, 2.45) is 0 Å². The number of hydrogen-bond donors (Lipinski definition) is 2. The SMILES string of the molecule is CCOC(=O)CCc1cccc(-n2nc(C(C)(C)C)cc2NC(=O)Nc2cccc(Cl)c2Cl)c1. The van der Waals surface area contributed by atoms with Crippen LogP contribution in [0.1, 0.15) is 45.4 Å². The topological polar surface area (TPSA) is 85.2 Å². The number of halogens is 2. The molecule has 2 aromatic carbocycles. The van der Waals surface area contributed by atoms with Gasteiger partial charge in [0.1, 0.15) is 5.82 Å². The van der Waals surface area contributed by atoms with Gasteiger partial charge in [0.15, 0.2) is 0 Å². The monoisotopic (exact) mass is 502 g/mol. The number of carbonyl (C=O) groups excluding carboxylic acids is 2. The summed E-state index contributed by atoms with van der Waals surface area (Å²) in [6.07, 6.45) is 0.828. The molecule has 0 saturated heterocycles. The maximum absolute atomic E-state index is 12.8. The molecule has 3 aromatic rings. The molecule has 0 aliphatic heterocycles. The summed E-state index contributed by atoms with van der Waals surface area (Å²) in [7, 11) is 0. The van der Waals surface area contributed by atoms with Gasteiger partial charge in [0.05, 0.1) is 33.7 Å². The number of ether oxygens (including phenoxy) is 1. The van der Waals surface area contributed by atoms with Gasteiger partial charge in [-0.3, -0.25) is 10.1 Å². The molecule has 0 aliphatic rings. The Kier molecular flexibility index (Phi) is 8.23. The number of anilines is 2. The van der Waals surface area contributed by atoms with Crippen molar-refractivity contribution in [3.8, 4) is 5.69 Å². The first-order valence-corrected chi connectivity index (χ1v) is 11.7. The van der Waals surface area contributed by atoms with E-state index in [0.29, 0.717) is 29.6 Å². The first-order chi connectivity index (χ1) is 16.1. The third-order valence-electron chi connectivity index (χ3n) is 5.00. The Hall–Kier alpha value is -3.03. The van der Waals surface area contributed by atoms with Crippen molar-refractivity contribution in [3.63, 3.8) is 0 Å². The van der Waals surface area contributed by atoms with Crippen LogP contribution in [0, 0.1) is 0 Å². The Labute approximate surface area is 209 Å². The Morgan fingerprint density at radius 1 is 1.06 bits per heavy atom. The van der Waals surface area contributed by atoms with Gasteiger partial charge in [0.2, 0.25) is 0 Å². The first-order valence-electron chi connectivity index (χ1n) is 11.0. The predicted octanol–water partition coefficient (Wildman–Crippen LogP) is 6.62. The first kappa shape index (κ1) is 25.6. The van der Waals surface area contributed by atoms with Crippen LogP contribution in [0.25, 0.3) is 5.69 Å². The second-order valence-corrected chi connectivity index (χ2v) is 9.52. The zero-order chi connectivity index (χ0) is 24.9.